The van der Waals surface area contributed by atoms with Crippen LogP contribution in [-0.4, -0.2) is 85.5 Å². The standard InChI is InChI=1S/C31H34N4O4/c1-21-13-23-15-26-27(32-18-25-3-2-6-35(25)31(26)36)16-24(23)17-29(21)37-12-11-33-7-9-34(10-8-33)19-22-4-5-28-30(14-22)39-20-38-28/h4-5,13-18,25H,2-3,6-12,19-20H2,1H3/t25-/m0/s1. The Morgan fingerprint density at radius 1 is 0.949 bits per heavy atom. The Kier molecular flexibility index (Phi) is 6.37. The smallest absolute Gasteiger partial charge is 0.256 e. The second-order valence-corrected chi connectivity index (χ2v) is 11.0. The van der Waals surface area contributed by atoms with Gasteiger partial charge in [-0.15, -0.1) is 0 Å². The minimum absolute atomic E-state index is 0.0980. The van der Waals surface area contributed by atoms with E-state index in [0.717, 1.165) is 97.9 Å². The number of amides is 1. The Morgan fingerprint density at radius 3 is 2.67 bits per heavy atom. The van der Waals surface area contributed by atoms with Gasteiger partial charge in [0, 0.05) is 52.0 Å². The number of aryl methyl sites for hydroxylation is 1. The topological polar surface area (TPSA) is 66.8 Å². The Balaban J connectivity index is 0.954. The van der Waals surface area contributed by atoms with Gasteiger partial charge in [0.25, 0.3) is 5.91 Å². The van der Waals surface area contributed by atoms with Crippen molar-refractivity contribution in [2.75, 3.05) is 52.7 Å². The molecule has 2 saturated heterocycles. The molecule has 0 radical (unpaired) electrons. The van der Waals surface area contributed by atoms with Gasteiger partial charge in [-0.25, -0.2) is 0 Å². The third-order valence-electron chi connectivity index (χ3n) is 8.40. The highest BCUT2D eigenvalue weighted by molar-refractivity contribution is 6.06. The summed E-state index contributed by atoms with van der Waals surface area (Å²) in [6.07, 6.45) is 3.99. The molecule has 0 aromatic heterocycles. The molecule has 4 aliphatic heterocycles. The van der Waals surface area contributed by atoms with E-state index in [1.807, 2.05) is 29.3 Å². The Bertz CT molecular complexity index is 1450. The van der Waals surface area contributed by atoms with Crippen molar-refractivity contribution < 1.29 is 19.0 Å². The van der Waals surface area contributed by atoms with Gasteiger partial charge >= 0.3 is 0 Å². The second kappa shape index (κ2) is 10.2. The molecule has 0 saturated carbocycles. The molecule has 3 aromatic rings. The van der Waals surface area contributed by atoms with Gasteiger partial charge in [-0.3, -0.25) is 19.6 Å². The van der Waals surface area contributed by atoms with E-state index in [4.69, 9.17) is 19.2 Å². The van der Waals surface area contributed by atoms with Crippen LogP contribution in [0.3, 0.4) is 0 Å². The van der Waals surface area contributed by atoms with Crippen LogP contribution in [0.15, 0.2) is 47.5 Å². The Morgan fingerprint density at radius 2 is 1.77 bits per heavy atom. The highest BCUT2D eigenvalue weighted by Gasteiger charge is 2.31. The van der Waals surface area contributed by atoms with Crippen molar-refractivity contribution in [2.24, 2.45) is 4.99 Å². The molecule has 0 bridgehead atoms. The molecule has 3 aromatic carbocycles. The fourth-order valence-electron chi connectivity index (χ4n) is 6.14. The third-order valence-corrected chi connectivity index (χ3v) is 8.40. The van der Waals surface area contributed by atoms with Crippen LogP contribution in [0.25, 0.3) is 10.8 Å². The van der Waals surface area contributed by atoms with Crippen molar-refractivity contribution >= 4 is 28.6 Å². The molecule has 0 N–H and O–H groups in total. The summed E-state index contributed by atoms with van der Waals surface area (Å²) < 4.78 is 17.2. The first kappa shape index (κ1) is 24.4. The molecule has 4 aliphatic rings. The van der Waals surface area contributed by atoms with Crippen molar-refractivity contribution in [1.82, 2.24) is 14.7 Å². The van der Waals surface area contributed by atoms with Crippen LogP contribution in [0.4, 0.5) is 5.69 Å². The largest absolute Gasteiger partial charge is 0.492 e. The van der Waals surface area contributed by atoms with Crippen LogP contribution < -0.4 is 14.2 Å². The number of piperazine rings is 1. The van der Waals surface area contributed by atoms with Crippen LogP contribution in [0.1, 0.15) is 34.3 Å². The Hall–Kier alpha value is -3.62. The van der Waals surface area contributed by atoms with E-state index < -0.39 is 0 Å². The lowest BCUT2D eigenvalue weighted by molar-refractivity contribution is 0.0775. The second-order valence-electron chi connectivity index (χ2n) is 11.0. The van der Waals surface area contributed by atoms with Gasteiger partial charge in [0.2, 0.25) is 6.79 Å². The summed E-state index contributed by atoms with van der Waals surface area (Å²) in [5.41, 5.74) is 3.80. The lowest BCUT2D eigenvalue weighted by atomic mass is 10.0. The maximum Gasteiger partial charge on any atom is 0.256 e. The molecule has 4 heterocycles. The number of ether oxygens (including phenoxy) is 3. The number of hydrogen-bond donors (Lipinski definition) is 0. The van der Waals surface area contributed by atoms with Crippen LogP contribution in [0.2, 0.25) is 0 Å². The van der Waals surface area contributed by atoms with Crippen molar-refractivity contribution in [3.8, 4) is 17.2 Å². The van der Waals surface area contributed by atoms with Gasteiger partial charge in [-0.1, -0.05) is 6.07 Å². The van der Waals surface area contributed by atoms with E-state index >= 15 is 0 Å². The van der Waals surface area contributed by atoms with Crippen LogP contribution >= 0.6 is 0 Å². The maximum atomic E-state index is 13.2. The Labute approximate surface area is 228 Å². The number of hydrogen-bond acceptors (Lipinski definition) is 7. The zero-order chi connectivity index (χ0) is 26.3. The summed E-state index contributed by atoms with van der Waals surface area (Å²) in [6, 6.07) is 14.6. The summed E-state index contributed by atoms with van der Waals surface area (Å²) >= 11 is 0. The first-order chi connectivity index (χ1) is 19.1. The zero-order valence-corrected chi connectivity index (χ0v) is 22.4. The summed E-state index contributed by atoms with van der Waals surface area (Å²) in [4.78, 5) is 24.8. The molecule has 2 fully saturated rings. The SMILES string of the molecule is Cc1cc2cc3c(cc2cc1OCCN1CCN(Cc2ccc4c(c2)OCO4)CC1)N=C[C@@H]1CCCN1C3=O. The summed E-state index contributed by atoms with van der Waals surface area (Å²) in [7, 11) is 0. The summed E-state index contributed by atoms with van der Waals surface area (Å²) in [6.45, 7) is 9.80. The lowest BCUT2D eigenvalue weighted by Gasteiger charge is -2.34. The fraction of sp³-hybridized carbons (Fsp3) is 0.419. The van der Waals surface area contributed by atoms with Gasteiger partial charge in [0.1, 0.15) is 12.4 Å². The van der Waals surface area contributed by atoms with Crippen molar-refractivity contribution in [3.63, 3.8) is 0 Å². The highest BCUT2D eigenvalue weighted by Crippen LogP contribution is 2.35. The number of carbonyl (C=O) groups is 1. The van der Waals surface area contributed by atoms with Crippen LogP contribution in [0.5, 0.6) is 17.2 Å². The number of benzene rings is 3. The first-order valence-corrected chi connectivity index (χ1v) is 14.0. The zero-order valence-electron chi connectivity index (χ0n) is 22.4. The molecule has 8 heteroatoms. The molecular weight excluding hydrogens is 492 g/mol. The quantitative estimate of drug-likeness (QED) is 0.475. The van der Waals surface area contributed by atoms with Crippen LogP contribution in [-0.2, 0) is 6.54 Å². The molecule has 7 rings (SSSR count). The maximum absolute atomic E-state index is 13.2. The molecule has 39 heavy (non-hydrogen) atoms. The number of fused-ring (bicyclic) bond motifs is 4. The van der Waals surface area contributed by atoms with Crippen LogP contribution in [0, 0.1) is 6.92 Å². The van der Waals surface area contributed by atoms with Gasteiger partial charge < -0.3 is 19.1 Å². The average Bonchev–Trinajstić information content (AvgIpc) is 3.59. The van der Waals surface area contributed by atoms with E-state index in [0.29, 0.717) is 19.0 Å². The molecule has 1 atom stereocenters. The molecular formula is C31H34N4O4. The highest BCUT2D eigenvalue weighted by atomic mass is 16.7. The summed E-state index contributed by atoms with van der Waals surface area (Å²) in [5, 5.41) is 2.11. The van der Waals surface area contributed by atoms with Gasteiger partial charge in [0.05, 0.1) is 17.3 Å². The molecule has 1 amide bonds. The number of rotatable bonds is 6. The average molecular weight is 527 g/mol. The lowest BCUT2D eigenvalue weighted by Crippen LogP contribution is -2.47. The molecule has 202 valence electrons. The van der Waals surface area contributed by atoms with Gasteiger partial charge in [-0.05, 0) is 78.1 Å². The monoisotopic (exact) mass is 526 g/mol. The third kappa shape index (κ3) is 4.83. The predicted octanol–water partition coefficient (Wildman–Crippen LogP) is 4.39. The molecule has 0 aliphatic carbocycles. The fourth-order valence-corrected chi connectivity index (χ4v) is 6.14. The van der Waals surface area contributed by atoms with Crippen molar-refractivity contribution in [1.29, 1.82) is 0 Å². The first-order valence-electron chi connectivity index (χ1n) is 14.0. The van der Waals surface area contributed by atoms with E-state index in [9.17, 15) is 4.79 Å². The number of aliphatic imine (C=N–C) groups is 1. The minimum atomic E-state index is 0.0980. The predicted molar refractivity (Wildman–Crippen MR) is 151 cm³/mol. The van der Waals surface area contributed by atoms with E-state index in [1.165, 1.54) is 5.56 Å². The number of nitrogens with zero attached hydrogens (tertiary/aromatic N) is 4. The number of carbonyl (C=O) groups excluding carboxylic acids is 1. The molecule has 0 unspecified atom stereocenters. The van der Waals surface area contributed by atoms with Crippen molar-refractivity contribution in [2.45, 2.75) is 32.4 Å². The minimum Gasteiger partial charge on any atom is -0.492 e. The van der Waals surface area contributed by atoms with E-state index in [-0.39, 0.29) is 11.9 Å². The normalized spacial score (nSPS) is 20.8. The van der Waals surface area contributed by atoms with E-state index in [2.05, 4.69) is 41.0 Å². The van der Waals surface area contributed by atoms with Crippen molar-refractivity contribution in [3.05, 3.63) is 59.2 Å². The molecule has 0 spiro atoms. The van der Waals surface area contributed by atoms with Gasteiger partial charge in [-0.2, -0.15) is 0 Å². The summed E-state index contributed by atoms with van der Waals surface area (Å²) in [5.74, 6) is 2.68. The van der Waals surface area contributed by atoms with Gasteiger partial charge in [0.15, 0.2) is 11.5 Å². The van der Waals surface area contributed by atoms with E-state index in [1.54, 1.807) is 0 Å². The molecule has 8 nitrogen and oxygen atoms in total.